The van der Waals surface area contributed by atoms with Gasteiger partial charge in [0.1, 0.15) is 0 Å². The molecule has 0 aromatic heterocycles. The summed E-state index contributed by atoms with van der Waals surface area (Å²) in [4.78, 5) is 0. The zero-order valence-electron chi connectivity index (χ0n) is 14.5. The SMILES string of the molecule is C=C(C)[C@@H]1CC[C@H](C)[C@H]2CC[C@](C)(CCO)[C@@H](C(=C)C)[C@@H]21. The minimum atomic E-state index is 0.215. The molecule has 6 atom stereocenters. The zero-order valence-corrected chi connectivity index (χ0v) is 14.5. The fraction of sp³-hybridized carbons (Fsp3) is 0.800. The molecule has 2 aliphatic carbocycles. The van der Waals surface area contributed by atoms with E-state index in [9.17, 15) is 5.11 Å². The van der Waals surface area contributed by atoms with Crippen molar-refractivity contribution in [1.29, 1.82) is 0 Å². The molecule has 0 aromatic carbocycles. The van der Waals surface area contributed by atoms with Crippen LogP contribution in [-0.4, -0.2) is 11.7 Å². The first-order valence-electron chi connectivity index (χ1n) is 8.73. The molecule has 0 unspecified atom stereocenters. The number of rotatable bonds is 4. The number of aliphatic hydroxyl groups is 1. The lowest BCUT2D eigenvalue weighted by Crippen LogP contribution is -2.49. The van der Waals surface area contributed by atoms with Crippen LogP contribution in [0.25, 0.3) is 0 Å². The lowest BCUT2D eigenvalue weighted by molar-refractivity contribution is -0.0439. The van der Waals surface area contributed by atoms with Crippen LogP contribution in [-0.2, 0) is 0 Å². The minimum Gasteiger partial charge on any atom is -0.396 e. The molecule has 0 saturated heterocycles. The van der Waals surface area contributed by atoms with Gasteiger partial charge in [-0.15, -0.1) is 0 Å². The summed E-state index contributed by atoms with van der Waals surface area (Å²) in [6.45, 7) is 18.2. The quantitative estimate of drug-likeness (QED) is 0.704. The smallest absolute Gasteiger partial charge is 0.0436 e. The van der Waals surface area contributed by atoms with Crippen molar-refractivity contribution in [2.45, 2.75) is 59.8 Å². The lowest BCUT2D eigenvalue weighted by atomic mass is 9.48. The van der Waals surface area contributed by atoms with E-state index < -0.39 is 0 Å². The molecule has 0 heterocycles. The van der Waals surface area contributed by atoms with Crippen molar-refractivity contribution < 1.29 is 5.11 Å². The lowest BCUT2D eigenvalue weighted by Gasteiger charge is -2.56. The van der Waals surface area contributed by atoms with Crippen molar-refractivity contribution in [3.8, 4) is 0 Å². The first kappa shape index (κ1) is 16.8. The van der Waals surface area contributed by atoms with Crippen LogP contribution in [0.3, 0.4) is 0 Å². The Morgan fingerprint density at radius 2 is 1.81 bits per heavy atom. The molecular weight excluding hydrogens is 256 g/mol. The summed E-state index contributed by atoms with van der Waals surface area (Å²) in [7, 11) is 0. The van der Waals surface area contributed by atoms with Gasteiger partial charge in [0, 0.05) is 6.61 Å². The average Bonchev–Trinajstić information content (AvgIpc) is 2.37. The third kappa shape index (κ3) is 2.99. The van der Waals surface area contributed by atoms with E-state index in [4.69, 9.17) is 0 Å². The zero-order chi connectivity index (χ0) is 15.8. The summed E-state index contributed by atoms with van der Waals surface area (Å²) in [5, 5.41) is 9.56. The fourth-order valence-corrected chi connectivity index (χ4v) is 5.63. The number of fused-ring (bicyclic) bond motifs is 1. The van der Waals surface area contributed by atoms with Gasteiger partial charge in [0.15, 0.2) is 0 Å². The summed E-state index contributed by atoms with van der Waals surface area (Å²) in [5.41, 5.74) is 2.89. The predicted molar refractivity (Wildman–Crippen MR) is 91.0 cm³/mol. The highest BCUT2D eigenvalue weighted by atomic mass is 16.3. The van der Waals surface area contributed by atoms with Crippen molar-refractivity contribution in [2.24, 2.45) is 35.0 Å². The molecule has 21 heavy (non-hydrogen) atoms. The second kappa shape index (κ2) is 6.28. The van der Waals surface area contributed by atoms with Gasteiger partial charge in [-0.2, -0.15) is 0 Å². The summed E-state index contributed by atoms with van der Waals surface area (Å²) < 4.78 is 0. The highest BCUT2D eigenvalue weighted by Gasteiger charge is 2.51. The minimum absolute atomic E-state index is 0.215. The molecule has 1 heteroatoms. The highest BCUT2D eigenvalue weighted by molar-refractivity contribution is 5.16. The van der Waals surface area contributed by atoms with Crippen LogP contribution >= 0.6 is 0 Å². The average molecular weight is 290 g/mol. The van der Waals surface area contributed by atoms with E-state index >= 15 is 0 Å². The molecule has 0 spiro atoms. The Kier molecular flexibility index (Phi) is 5.03. The van der Waals surface area contributed by atoms with Crippen molar-refractivity contribution in [1.82, 2.24) is 0 Å². The van der Waals surface area contributed by atoms with Crippen LogP contribution < -0.4 is 0 Å². The Labute approximate surface area is 131 Å². The van der Waals surface area contributed by atoms with Crippen molar-refractivity contribution in [3.63, 3.8) is 0 Å². The van der Waals surface area contributed by atoms with Gasteiger partial charge in [-0.3, -0.25) is 0 Å². The summed E-state index contributed by atoms with van der Waals surface area (Å²) >= 11 is 0. The standard InChI is InChI=1S/C20H34O/c1-13(2)16-8-7-15(5)17-9-10-20(6,11-12-21)19(14(3)4)18(16)17/h15-19,21H,1,3,7-12H2,2,4-6H3/t15-,16-,17+,18+,19-,20+/m0/s1. The van der Waals surface area contributed by atoms with Crippen LogP contribution in [0, 0.1) is 35.0 Å². The van der Waals surface area contributed by atoms with E-state index in [1.165, 1.54) is 36.8 Å². The van der Waals surface area contributed by atoms with E-state index in [-0.39, 0.29) is 5.41 Å². The predicted octanol–water partition coefficient (Wildman–Crippen LogP) is 5.22. The molecule has 1 N–H and O–H groups in total. The van der Waals surface area contributed by atoms with Gasteiger partial charge in [0.05, 0.1) is 0 Å². The first-order valence-corrected chi connectivity index (χ1v) is 8.73. The Morgan fingerprint density at radius 1 is 1.14 bits per heavy atom. The van der Waals surface area contributed by atoms with E-state index in [2.05, 4.69) is 40.9 Å². The molecule has 0 aliphatic heterocycles. The van der Waals surface area contributed by atoms with Crippen molar-refractivity contribution >= 4 is 0 Å². The number of aliphatic hydroxyl groups excluding tert-OH is 1. The van der Waals surface area contributed by atoms with Gasteiger partial charge in [0.25, 0.3) is 0 Å². The largest absolute Gasteiger partial charge is 0.396 e. The normalized spacial score (nSPS) is 43.2. The molecule has 120 valence electrons. The molecular formula is C20H34O. The molecule has 2 saturated carbocycles. The van der Waals surface area contributed by atoms with Crippen LogP contribution in [0.4, 0.5) is 0 Å². The number of allylic oxidation sites excluding steroid dienone is 2. The molecule has 1 nitrogen and oxygen atoms in total. The van der Waals surface area contributed by atoms with Crippen LogP contribution in [0.2, 0.25) is 0 Å². The van der Waals surface area contributed by atoms with E-state index in [0.717, 1.165) is 18.3 Å². The molecule has 2 rings (SSSR count). The summed E-state index contributed by atoms with van der Waals surface area (Å²) in [6.07, 6.45) is 6.09. The van der Waals surface area contributed by atoms with Crippen LogP contribution in [0.1, 0.15) is 59.8 Å². The second-order valence-corrected chi connectivity index (χ2v) is 8.24. The molecule has 0 amide bonds. The maximum Gasteiger partial charge on any atom is 0.0436 e. The molecule has 2 fully saturated rings. The Bertz CT molecular complexity index is 410. The maximum absolute atomic E-state index is 9.56. The van der Waals surface area contributed by atoms with E-state index in [1.54, 1.807) is 0 Å². The maximum atomic E-state index is 9.56. The first-order chi connectivity index (χ1) is 9.81. The van der Waals surface area contributed by atoms with Gasteiger partial charge in [-0.1, -0.05) is 38.2 Å². The molecule has 0 aromatic rings. The monoisotopic (exact) mass is 290 g/mol. The van der Waals surface area contributed by atoms with E-state index in [1.807, 2.05) is 0 Å². The molecule has 0 radical (unpaired) electrons. The van der Waals surface area contributed by atoms with Gasteiger partial charge in [-0.25, -0.2) is 0 Å². The Balaban J connectivity index is 2.41. The van der Waals surface area contributed by atoms with Crippen molar-refractivity contribution in [2.75, 3.05) is 6.61 Å². The van der Waals surface area contributed by atoms with E-state index in [0.29, 0.717) is 24.4 Å². The molecule has 0 bridgehead atoms. The second-order valence-electron chi connectivity index (χ2n) is 8.24. The van der Waals surface area contributed by atoms with Crippen LogP contribution in [0.15, 0.2) is 24.3 Å². The van der Waals surface area contributed by atoms with Gasteiger partial charge >= 0.3 is 0 Å². The Morgan fingerprint density at radius 3 is 2.33 bits per heavy atom. The molecule has 2 aliphatic rings. The number of hydrogen-bond acceptors (Lipinski definition) is 1. The highest BCUT2D eigenvalue weighted by Crippen LogP contribution is 2.59. The van der Waals surface area contributed by atoms with Gasteiger partial charge < -0.3 is 5.11 Å². The fourth-order valence-electron chi connectivity index (χ4n) is 5.63. The third-order valence-corrected chi connectivity index (χ3v) is 6.65. The third-order valence-electron chi connectivity index (χ3n) is 6.65. The van der Waals surface area contributed by atoms with Crippen LogP contribution in [0.5, 0.6) is 0 Å². The van der Waals surface area contributed by atoms with Gasteiger partial charge in [0.2, 0.25) is 0 Å². The topological polar surface area (TPSA) is 20.2 Å². The number of hydrogen-bond donors (Lipinski definition) is 1. The summed E-state index contributed by atoms with van der Waals surface area (Å²) in [5.74, 6) is 3.51. The summed E-state index contributed by atoms with van der Waals surface area (Å²) in [6, 6.07) is 0. The van der Waals surface area contributed by atoms with Gasteiger partial charge in [-0.05, 0) is 81.0 Å². The Hall–Kier alpha value is -0.560. The van der Waals surface area contributed by atoms with Crippen molar-refractivity contribution in [3.05, 3.63) is 24.3 Å².